The zero-order chi connectivity index (χ0) is 19.7. The second-order valence-electron chi connectivity index (χ2n) is 8.47. The molecule has 1 amide bonds. The lowest BCUT2D eigenvalue weighted by molar-refractivity contribution is 0.0486. The average molecular weight is 374 g/mol. The predicted octanol–water partition coefficient (Wildman–Crippen LogP) is 3.42. The summed E-state index contributed by atoms with van der Waals surface area (Å²) in [6.45, 7) is 7.79. The summed E-state index contributed by atoms with van der Waals surface area (Å²) < 4.78 is 7.55. The molecule has 2 aromatic heterocycles. The number of hydrogen-bond acceptors (Lipinski definition) is 5. The lowest BCUT2D eigenvalue weighted by Crippen LogP contribution is -2.48. The summed E-state index contributed by atoms with van der Waals surface area (Å²) in [5.41, 5.74) is 0.762. The van der Waals surface area contributed by atoms with Crippen LogP contribution in [-0.2, 0) is 16.9 Å². The number of carbonyl (C=O) groups excluding carboxylic acids is 1. The quantitative estimate of drug-likeness (QED) is 0.856. The summed E-state index contributed by atoms with van der Waals surface area (Å²) in [4.78, 5) is 21.2. The normalized spacial score (nSPS) is 17.1. The fraction of sp³-hybridized carbons (Fsp3) is 0.650. The van der Waals surface area contributed by atoms with Crippen molar-refractivity contribution in [3.63, 3.8) is 0 Å². The average Bonchev–Trinajstić information content (AvgIpc) is 2.97. The number of aryl methyl sites for hydroxylation is 1. The van der Waals surface area contributed by atoms with E-state index >= 15 is 0 Å². The monoisotopic (exact) mass is 374 g/mol. The van der Waals surface area contributed by atoms with Gasteiger partial charge in [0.25, 0.3) is 0 Å². The van der Waals surface area contributed by atoms with Gasteiger partial charge < -0.3 is 19.7 Å². The fourth-order valence-corrected chi connectivity index (χ4v) is 4.01. The molecule has 2 heterocycles. The van der Waals surface area contributed by atoms with Crippen LogP contribution in [0.25, 0.3) is 11.0 Å². The number of nitrogens with one attached hydrogen (secondary N) is 1. The highest BCUT2D eigenvalue weighted by Gasteiger charge is 2.37. The van der Waals surface area contributed by atoms with Gasteiger partial charge in [-0.2, -0.15) is 0 Å². The van der Waals surface area contributed by atoms with Crippen LogP contribution < -0.4 is 5.32 Å². The molecule has 0 aliphatic heterocycles. The standard InChI is InChI=1S/C20H30N4O3/c1-14-21-11-15-10-16(12-25)24(17(15)23-14)20(8-6-5-7-9-20)13-22-18(26)27-19(2,3)4/h10-11,25H,5-9,12-13H2,1-4H3,(H,22,26). The lowest BCUT2D eigenvalue weighted by Gasteiger charge is -2.40. The van der Waals surface area contributed by atoms with Crippen LogP contribution in [0, 0.1) is 6.92 Å². The van der Waals surface area contributed by atoms with Crippen LogP contribution in [0.5, 0.6) is 0 Å². The third-order valence-electron chi connectivity index (χ3n) is 5.12. The zero-order valence-corrected chi connectivity index (χ0v) is 16.7. The van der Waals surface area contributed by atoms with E-state index in [0.29, 0.717) is 12.4 Å². The number of ether oxygens (including phenoxy) is 1. The van der Waals surface area contributed by atoms with Gasteiger partial charge in [-0.25, -0.2) is 14.8 Å². The Morgan fingerprint density at radius 3 is 2.67 bits per heavy atom. The van der Waals surface area contributed by atoms with Crippen molar-refractivity contribution in [2.24, 2.45) is 0 Å². The topological polar surface area (TPSA) is 89.3 Å². The molecule has 0 unspecified atom stereocenters. The molecule has 7 nitrogen and oxygen atoms in total. The first-order valence-electron chi connectivity index (χ1n) is 9.66. The number of rotatable bonds is 4. The largest absolute Gasteiger partial charge is 0.444 e. The Balaban J connectivity index is 1.98. The minimum absolute atomic E-state index is 0.0798. The molecule has 7 heteroatoms. The highest BCUT2D eigenvalue weighted by atomic mass is 16.6. The number of nitrogens with zero attached hydrogens (tertiary/aromatic N) is 3. The molecule has 0 aromatic carbocycles. The van der Waals surface area contributed by atoms with Gasteiger partial charge in [0.15, 0.2) is 0 Å². The van der Waals surface area contributed by atoms with Crippen molar-refractivity contribution < 1.29 is 14.6 Å². The van der Waals surface area contributed by atoms with E-state index in [-0.39, 0.29) is 12.1 Å². The smallest absolute Gasteiger partial charge is 0.407 e. The second-order valence-corrected chi connectivity index (χ2v) is 8.47. The molecule has 1 aliphatic carbocycles. The summed E-state index contributed by atoms with van der Waals surface area (Å²) in [6.07, 6.45) is 6.54. The Morgan fingerprint density at radius 1 is 1.33 bits per heavy atom. The van der Waals surface area contributed by atoms with Crippen LogP contribution in [0.2, 0.25) is 0 Å². The van der Waals surface area contributed by atoms with Crippen molar-refractivity contribution in [2.45, 2.75) is 77.5 Å². The van der Waals surface area contributed by atoms with Gasteiger partial charge in [0.1, 0.15) is 17.1 Å². The Kier molecular flexibility index (Phi) is 5.42. The molecule has 3 rings (SSSR count). The van der Waals surface area contributed by atoms with E-state index in [1.807, 2.05) is 33.8 Å². The first kappa shape index (κ1) is 19.6. The summed E-state index contributed by atoms with van der Waals surface area (Å²) in [6, 6.07) is 1.94. The van der Waals surface area contributed by atoms with Crippen molar-refractivity contribution in [3.8, 4) is 0 Å². The Morgan fingerprint density at radius 2 is 2.04 bits per heavy atom. The number of hydrogen-bond donors (Lipinski definition) is 2. The van der Waals surface area contributed by atoms with Gasteiger partial charge >= 0.3 is 6.09 Å². The first-order valence-corrected chi connectivity index (χ1v) is 9.66. The van der Waals surface area contributed by atoms with E-state index in [0.717, 1.165) is 42.4 Å². The first-order chi connectivity index (χ1) is 12.7. The van der Waals surface area contributed by atoms with E-state index in [9.17, 15) is 9.90 Å². The Bertz CT molecular complexity index is 816. The maximum absolute atomic E-state index is 12.3. The van der Waals surface area contributed by atoms with Gasteiger partial charge in [0.05, 0.1) is 12.1 Å². The van der Waals surface area contributed by atoms with Crippen molar-refractivity contribution in [2.75, 3.05) is 6.54 Å². The van der Waals surface area contributed by atoms with E-state index in [2.05, 4.69) is 19.9 Å². The molecule has 0 saturated heterocycles. The number of aliphatic hydroxyl groups excluding tert-OH is 1. The SMILES string of the molecule is Cc1ncc2cc(CO)n(C3(CNC(=O)OC(C)(C)C)CCCCC3)c2n1. The molecule has 1 saturated carbocycles. The lowest BCUT2D eigenvalue weighted by atomic mass is 9.81. The van der Waals surface area contributed by atoms with Gasteiger partial charge in [0, 0.05) is 23.8 Å². The molecule has 2 N–H and O–H groups in total. The summed E-state index contributed by atoms with van der Waals surface area (Å²) in [5.74, 6) is 0.692. The number of amides is 1. The van der Waals surface area contributed by atoms with Crippen molar-refractivity contribution in [1.82, 2.24) is 19.9 Å². The highest BCUT2D eigenvalue weighted by Crippen LogP contribution is 2.38. The third kappa shape index (κ3) is 4.24. The van der Waals surface area contributed by atoms with Gasteiger partial charge in [-0.1, -0.05) is 19.3 Å². The molecule has 0 bridgehead atoms. The summed E-state index contributed by atoms with van der Waals surface area (Å²) in [5, 5.41) is 13.9. The molecule has 0 radical (unpaired) electrons. The molecule has 0 atom stereocenters. The van der Waals surface area contributed by atoms with Crippen LogP contribution in [0.4, 0.5) is 4.79 Å². The van der Waals surface area contributed by atoms with Crippen molar-refractivity contribution >= 4 is 17.1 Å². The highest BCUT2D eigenvalue weighted by molar-refractivity contribution is 5.77. The van der Waals surface area contributed by atoms with Gasteiger partial charge in [-0.3, -0.25) is 0 Å². The molecular weight excluding hydrogens is 344 g/mol. The van der Waals surface area contributed by atoms with E-state index in [1.54, 1.807) is 6.20 Å². The molecule has 0 spiro atoms. The summed E-state index contributed by atoms with van der Waals surface area (Å²) in [7, 11) is 0. The molecule has 1 fully saturated rings. The minimum Gasteiger partial charge on any atom is -0.444 e. The van der Waals surface area contributed by atoms with Crippen LogP contribution in [0.15, 0.2) is 12.3 Å². The van der Waals surface area contributed by atoms with Gasteiger partial charge in [-0.15, -0.1) is 0 Å². The number of carbonyl (C=O) groups is 1. The number of alkyl carbamates (subject to hydrolysis) is 1. The second kappa shape index (κ2) is 7.46. The molecule has 2 aromatic rings. The van der Waals surface area contributed by atoms with E-state index in [1.165, 1.54) is 6.42 Å². The Labute approximate surface area is 160 Å². The number of aliphatic hydroxyl groups is 1. The van der Waals surface area contributed by atoms with Gasteiger partial charge in [0.2, 0.25) is 0 Å². The maximum Gasteiger partial charge on any atom is 0.407 e. The van der Waals surface area contributed by atoms with Crippen LogP contribution in [-0.4, -0.2) is 37.9 Å². The van der Waals surface area contributed by atoms with Gasteiger partial charge in [-0.05, 0) is 46.6 Å². The van der Waals surface area contributed by atoms with Crippen molar-refractivity contribution in [3.05, 3.63) is 23.8 Å². The molecule has 1 aliphatic rings. The van der Waals surface area contributed by atoms with E-state index < -0.39 is 11.7 Å². The Hall–Kier alpha value is -2.15. The third-order valence-corrected chi connectivity index (χ3v) is 5.12. The summed E-state index contributed by atoms with van der Waals surface area (Å²) >= 11 is 0. The molecular formula is C20H30N4O3. The van der Waals surface area contributed by atoms with Crippen LogP contribution in [0.1, 0.15) is 64.4 Å². The van der Waals surface area contributed by atoms with Crippen LogP contribution in [0.3, 0.4) is 0 Å². The zero-order valence-electron chi connectivity index (χ0n) is 16.7. The number of fused-ring (bicyclic) bond motifs is 1. The maximum atomic E-state index is 12.3. The minimum atomic E-state index is -0.537. The molecule has 148 valence electrons. The predicted molar refractivity (Wildman–Crippen MR) is 103 cm³/mol. The molecule has 27 heavy (non-hydrogen) atoms. The van der Waals surface area contributed by atoms with E-state index in [4.69, 9.17) is 4.74 Å². The number of aromatic nitrogens is 3. The van der Waals surface area contributed by atoms with Crippen molar-refractivity contribution in [1.29, 1.82) is 0 Å². The van der Waals surface area contributed by atoms with Crippen LogP contribution >= 0.6 is 0 Å². The fourth-order valence-electron chi connectivity index (χ4n) is 4.01.